The summed E-state index contributed by atoms with van der Waals surface area (Å²) in [7, 11) is 0. The summed E-state index contributed by atoms with van der Waals surface area (Å²) >= 11 is 0. The van der Waals surface area contributed by atoms with Crippen LogP contribution in [-0.2, 0) is 24.2 Å². The summed E-state index contributed by atoms with van der Waals surface area (Å²) in [4.78, 5) is 29.3. The highest BCUT2D eigenvalue weighted by Gasteiger charge is 2.29. The number of benzene rings is 2. The van der Waals surface area contributed by atoms with Crippen LogP contribution >= 0.6 is 0 Å². The standard InChI is InChI=1S/C26H23N7O3/c1-2-22-27-20-11-12-32(14-23(34)35)26(36)24(20)33(22)21-10-8-16-13-15(7-9-18(16)21)17-5-3-4-6-19(17)25-28-30-31-29-25/h3-7,9,11-13,21H,2,8,10,14H2,1H3,(H,34,35)(H,28,29,30,31)/t21-/m0/s1. The molecule has 0 fully saturated rings. The third kappa shape index (κ3) is 3.49. The molecule has 3 aromatic heterocycles. The van der Waals surface area contributed by atoms with E-state index in [0.717, 1.165) is 40.9 Å². The summed E-state index contributed by atoms with van der Waals surface area (Å²) in [5.41, 5.74) is 6.06. The minimum absolute atomic E-state index is 0.0465. The molecule has 10 nitrogen and oxygen atoms in total. The van der Waals surface area contributed by atoms with Crippen molar-refractivity contribution >= 4 is 17.0 Å². The number of tetrazole rings is 1. The number of H-pyrrole nitrogens is 1. The van der Waals surface area contributed by atoms with Gasteiger partial charge in [0.15, 0.2) is 0 Å². The Morgan fingerprint density at radius 2 is 2.00 bits per heavy atom. The molecule has 0 unspecified atom stereocenters. The van der Waals surface area contributed by atoms with Gasteiger partial charge in [-0.1, -0.05) is 49.4 Å². The van der Waals surface area contributed by atoms with Crippen LogP contribution < -0.4 is 5.56 Å². The number of aliphatic carboxylic acids is 1. The zero-order valence-electron chi connectivity index (χ0n) is 19.5. The first-order valence-corrected chi connectivity index (χ1v) is 11.8. The summed E-state index contributed by atoms with van der Waals surface area (Å²) in [5.74, 6) is 0.303. The Morgan fingerprint density at radius 1 is 1.17 bits per heavy atom. The molecule has 0 amide bonds. The lowest BCUT2D eigenvalue weighted by Gasteiger charge is -2.18. The van der Waals surface area contributed by atoms with Gasteiger partial charge in [0.05, 0.1) is 11.6 Å². The lowest BCUT2D eigenvalue weighted by molar-refractivity contribution is -0.137. The van der Waals surface area contributed by atoms with Crippen LogP contribution in [0.4, 0.5) is 0 Å². The van der Waals surface area contributed by atoms with Crippen molar-refractivity contribution in [1.82, 2.24) is 34.7 Å². The second-order valence-electron chi connectivity index (χ2n) is 8.88. The molecule has 36 heavy (non-hydrogen) atoms. The highest BCUT2D eigenvalue weighted by molar-refractivity contribution is 5.81. The van der Waals surface area contributed by atoms with Gasteiger partial charge in [-0.25, -0.2) is 4.98 Å². The lowest BCUT2D eigenvalue weighted by Crippen LogP contribution is -2.26. The summed E-state index contributed by atoms with van der Waals surface area (Å²) in [6.07, 6.45) is 3.86. The van der Waals surface area contributed by atoms with Crippen molar-refractivity contribution in [1.29, 1.82) is 0 Å². The van der Waals surface area contributed by atoms with E-state index in [0.29, 0.717) is 23.3 Å². The molecule has 0 saturated heterocycles. The molecule has 1 aliphatic rings. The van der Waals surface area contributed by atoms with Gasteiger partial charge >= 0.3 is 5.97 Å². The Bertz CT molecular complexity index is 1670. The summed E-state index contributed by atoms with van der Waals surface area (Å²) < 4.78 is 3.25. The third-order valence-electron chi connectivity index (χ3n) is 6.83. The molecule has 3 heterocycles. The molecule has 0 spiro atoms. The minimum Gasteiger partial charge on any atom is -0.480 e. The quantitative estimate of drug-likeness (QED) is 0.381. The SMILES string of the molecule is CCc1nc2ccn(CC(=O)O)c(=O)c2n1[C@H]1CCc2cc(-c3ccccc3-c3nn[nH]n3)ccc21. The number of aryl methyl sites for hydroxylation is 2. The summed E-state index contributed by atoms with van der Waals surface area (Å²) in [6, 6.07) is 16.0. The van der Waals surface area contributed by atoms with Gasteiger partial charge < -0.3 is 14.2 Å². The summed E-state index contributed by atoms with van der Waals surface area (Å²) in [6.45, 7) is 1.63. The van der Waals surface area contributed by atoms with Crippen molar-refractivity contribution in [3.63, 3.8) is 0 Å². The molecule has 0 bridgehead atoms. The van der Waals surface area contributed by atoms with Gasteiger partial charge in [-0.2, -0.15) is 5.21 Å². The zero-order chi connectivity index (χ0) is 24.8. The molecule has 5 aromatic rings. The van der Waals surface area contributed by atoms with E-state index in [-0.39, 0.29) is 18.1 Å². The number of pyridine rings is 1. The van der Waals surface area contributed by atoms with Gasteiger partial charge in [-0.3, -0.25) is 9.59 Å². The number of hydrogen-bond donors (Lipinski definition) is 2. The number of fused-ring (bicyclic) bond motifs is 2. The van der Waals surface area contributed by atoms with Gasteiger partial charge in [0.2, 0.25) is 5.82 Å². The van der Waals surface area contributed by atoms with E-state index < -0.39 is 5.97 Å². The van der Waals surface area contributed by atoms with Gasteiger partial charge in [-0.05, 0) is 46.4 Å². The first-order valence-electron chi connectivity index (χ1n) is 11.8. The average Bonchev–Trinajstić information content (AvgIpc) is 3.63. The topological polar surface area (TPSA) is 132 Å². The number of imidazole rings is 1. The Balaban J connectivity index is 1.46. The Morgan fingerprint density at radius 3 is 2.75 bits per heavy atom. The predicted molar refractivity (Wildman–Crippen MR) is 133 cm³/mol. The van der Waals surface area contributed by atoms with Gasteiger partial charge in [0.1, 0.15) is 17.9 Å². The molecular weight excluding hydrogens is 458 g/mol. The number of carbonyl (C=O) groups is 1. The highest BCUT2D eigenvalue weighted by Crippen LogP contribution is 2.40. The molecule has 180 valence electrons. The predicted octanol–water partition coefficient (Wildman–Crippen LogP) is 3.23. The maximum absolute atomic E-state index is 13.3. The molecule has 2 N–H and O–H groups in total. The third-order valence-corrected chi connectivity index (χ3v) is 6.83. The van der Waals surface area contributed by atoms with Crippen molar-refractivity contribution in [3.8, 4) is 22.5 Å². The van der Waals surface area contributed by atoms with E-state index >= 15 is 0 Å². The lowest BCUT2D eigenvalue weighted by atomic mass is 9.96. The minimum atomic E-state index is -1.06. The van der Waals surface area contributed by atoms with Crippen LogP contribution in [-0.4, -0.2) is 45.8 Å². The number of carboxylic acid groups (broad SMARTS) is 1. The smallest absolute Gasteiger partial charge is 0.323 e. The monoisotopic (exact) mass is 481 g/mol. The highest BCUT2D eigenvalue weighted by atomic mass is 16.4. The van der Waals surface area contributed by atoms with Crippen molar-refractivity contribution in [3.05, 3.63) is 82.0 Å². The summed E-state index contributed by atoms with van der Waals surface area (Å²) in [5, 5.41) is 23.7. The molecular formula is C26H23N7O3. The number of hydrogen-bond acceptors (Lipinski definition) is 6. The molecule has 2 aromatic carbocycles. The molecule has 6 rings (SSSR count). The van der Waals surface area contributed by atoms with Crippen molar-refractivity contribution in [2.24, 2.45) is 0 Å². The first-order chi connectivity index (χ1) is 17.5. The normalized spacial score (nSPS) is 14.9. The molecule has 1 aliphatic carbocycles. The van der Waals surface area contributed by atoms with Gasteiger partial charge in [0, 0.05) is 18.2 Å². The van der Waals surface area contributed by atoms with Gasteiger partial charge in [-0.15, -0.1) is 10.2 Å². The number of nitrogens with zero attached hydrogens (tertiary/aromatic N) is 6. The van der Waals surface area contributed by atoms with Crippen LogP contribution in [0.25, 0.3) is 33.5 Å². The number of rotatable bonds is 6. The molecule has 1 atom stereocenters. The van der Waals surface area contributed by atoms with E-state index in [1.165, 1.54) is 16.3 Å². The van der Waals surface area contributed by atoms with Gasteiger partial charge in [0.25, 0.3) is 5.56 Å². The number of carboxylic acids is 1. The second kappa shape index (κ2) is 8.56. The van der Waals surface area contributed by atoms with Crippen LogP contribution in [0.2, 0.25) is 0 Å². The molecule has 0 aliphatic heterocycles. The van der Waals surface area contributed by atoms with Crippen LogP contribution in [0.3, 0.4) is 0 Å². The fourth-order valence-corrected chi connectivity index (χ4v) is 5.28. The first kappa shape index (κ1) is 21.9. The van der Waals surface area contributed by atoms with E-state index in [1.54, 1.807) is 6.07 Å². The van der Waals surface area contributed by atoms with Crippen LogP contribution in [0.5, 0.6) is 0 Å². The van der Waals surface area contributed by atoms with Crippen molar-refractivity contribution in [2.75, 3.05) is 0 Å². The number of aromatic amines is 1. The van der Waals surface area contributed by atoms with E-state index in [2.05, 4.69) is 38.8 Å². The number of aromatic nitrogens is 7. The van der Waals surface area contributed by atoms with E-state index in [9.17, 15) is 14.7 Å². The van der Waals surface area contributed by atoms with Crippen LogP contribution in [0, 0.1) is 0 Å². The van der Waals surface area contributed by atoms with Crippen molar-refractivity contribution in [2.45, 2.75) is 38.8 Å². The Kier molecular flexibility index (Phi) is 5.21. The average molecular weight is 482 g/mol. The molecule has 0 saturated carbocycles. The largest absolute Gasteiger partial charge is 0.480 e. The second-order valence-corrected chi connectivity index (χ2v) is 8.88. The van der Waals surface area contributed by atoms with Crippen molar-refractivity contribution < 1.29 is 9.90 Å². The van der Waals surface area contributed by atoms with Crippen LogP contribution in [0.1, 0.15) is 36.3 Å². The maximum Gasteiger partial charge on any atom is 0.323 e. The number of nitrogens with one attached hydrogen (secondary N) is 1. The maximum atomic E-state index is 13.3. The van der Waals surface area contributed by atoms with Crippen LogP contribution in [0.15, 0.2) is 59.5 Å². The zero-order valence-corrected chi connectivity index (χ0v) is 19.5. The fourth-order valence-electron chi connectivity index (χ4n) is 5.28. The fraction of sp³-hybridized carbons (Fsp3) is 0.231. The van der Waals surface area contributed by atoms with E-state index in [1.807, 2.05) is 35.8 Å². The molecule has 10 heteroatoms. The molecule has 0 radical (unpaired) electrons. The van der Waals surface area contributed by atoms with E-state index in [4.69, 9.17) is 4.98 Å². The Labute approximate surface area is 205 Å². The Hall–Kier alpha value is -4.60.